The minimum Gasteiger partial charge on any atom is -0.369 e. The lowest BCUT2D eigenvalue weighted by Crippen LogP contribution is -2.18. The number of amides is 1. The lowest BCUT2D eigenvalue weighted by atomic mass is 10.0. The molecule has 0 fully saturated rings. The fraction of sp³-hybridized carbons (Fsp3) is 0.133. The number of primary amides is 1. The zero-order valence-corrected chi connectivity index (χ0v) is 12.3. The van der Waals surface area contributed by atoms with Crippen molar-refractivity contribution < 1.29 is 13.2 Å². The van der Waals surface area contributed by atoms with Gasteiger partial charge in [0.15, 0.2) is 0 Å². The van der Waals surface area contributed by atoms with E-state index in [0.29, 0.717) is 5.69 Å². The second-order valence-corrected chi connectivity index (χ2v) is 6.35. The molecule has 0 saturated heterocycles. The lowest BCUT2D eigenvalue weighted by Gasteiger charge is -2.11. The van der Waals surface area contributed by atoms with E-state index in [-0.39, 0.29) is 4.90 Å². The molecule has 0 aromatic heterocycles. The van der Waals surface area contributed by atoms with Gasteiger partial charge in [-0.25, -0.2) is 8.42 Å². The monoisotopic (exact) mass is 304 g/mol. The van der Waals surface area contributed by atoms with E-state index < -0.39 is 21.8 Å². The molecule has 2 aromatic carbocycles. The number of rotatable bonds is 5. The molecule has 0 bridgehead atoms. The molecule has 5 nitrogen and oxygen atoms in total. The maximum atomic E-state index is 12.1. The zero-order valence-electron chi connectivity index (χ0n) is 11.5. The quantitative estimate of drug-likeness (QED) is 0.886. The van der Waals surface area contributed by atoms with Gasteiger partial charge in [-0.15, -0.1) is 0 Å². The Kier molecular flexibility index (Phi) is 4.28. The van der Waals surface area contributed by atoms with Gasteiger partial charge in [0.2, 0.25) is 5.91 Å². The molecule has 2 rings (SSSR count). The standard InChI is InChI=1S/C15H16N2O3S/c1-11(15(16)18)12-7-9-13(10-8-12)17-21(19,20)14-5-3-2-4-6-14/h2-11,17H,1H3,(H2,16,18)/t11-/m0/s1. The lowest BCUT2D eigenvalue weighted by molar-refractivity contribution is -0.119. The van der Waals surface area contributed by atoms with Gasteiger partial charge in [0.1, 0.15) is 0 Å². The van der Waals surface area contributed by atoms with Crippen LogP contribution in [-0.2, 0) is 14.8 Å². The smallest absolute Gasteiger partial charge is 0.261 e. The van der Waals surface area contributed by atoms with Crippen molar-refractivity contribution in [1.82, 2.24) is 0 Å². The minimum atomic E-state index is -3.60. The third-order valence-electron chi connectivity index (χ3n) is 3.14. The predicted octanol–water partition coefficient (Wildman–Crippen LogP) is 2.08. The first-order valence-corrected chi connectivity index (χ1v) is 7.85. The Labute approximate surface area is 123 Å². The maximum Gasteiger partial charge on any atom is 0.261 e. The highest BCUT2D eigenvalue weighted by Crippen LogP contribution is 2.20. The van der Waals surface area contributed by atoms with E-state index in [4.69, 9.17) is 5.73 Å². The summed E-state index contributed by atoms with van der Waals surface area (Å²) in [5, 5.41) is 0. The zero-order chi connectivity index (χ0) is 15.5. The number of carbonyl (C=O) groups is 1. The van der Waals surface area contributed by atoms with Crippen LogP contribution >= 0.6 is 0 Å². The van der Waals surface area contributed by atoms with Crippen molar-refractivity contribution in [3.63, 3.8) is 0 Å². The van der Waals surface area contributed by atoms with Crippen LogP contribution < -0.4 is 10.5 Å². The third-order valence-corrected chi connectivity index (χ3v) is 4.54. The Morgan fingerprint density at radius 3 is 2.14 bits per heavy atom. The Balaban J connectivity index is 2.19. The molecule has 0 heterocycles. The number of hydrogen-bond acceptors (Lipinski definition) is 3. The molecular weight excluding hydrogens is 288 g/mol. The maximum absolute atomic E-state index is 12.1. The fourth-order valence-electron chi connectivity index (χ4n) is 1.82. The number of anilines is 1. The van der Waals surface area contributed by atoms with Crippen molar-refractivity contribution in [3.8, 4) is 0 Å². The van der Waals surface area contributed by atoms with Crippen LogP contribution in [0.3, 0.4) is 0 Å². The first-order valence-electron chi connectivity index (χ1n) is 6.37. The summed E-state index contributed by atoms with van der Waals surface area (Å²) in [5.74, 6) is -0.836. The summed E-state index contributed by atoms with van der Waals surface area (Å²) >= 11 is 0. The van der Waals surface area contributed by atoms with E-state index in [0.717, 1.165) is 5.56 Å². The Morgan fingerprint density at radius 1 is 1.05 bits per heavy atom. The molecule has 1 atom stereocenters. The van der Waals surface area contributed by atoms with E-state index in [1.165, 1.54) is 12.1 Å². The van der Waals surface area contributed by atoms with E-state index in [1.54, 1.807) is 49.4 Å². The molecule has 0 spiro atoms. The summed E-state index contributed by atoms with van der Waals surface area (Å²) in [6, 6.07) is 14.7. The average molecular weight is 304 g/mol. The number of nitrogens with one attached hydrogen (secondary N) is 1. The van der Waals surface area contributed by atoms with E-state index in [1.807, 2.05) is 0 Å². The highest BCUT2D eigenvalue weighted by molar-refractivity contribution is 7.92. The Morgan fingerprint density at radius 2 is 1.62 bits per heavy atom. The van der Waals surface area contributed by atoms with Crippen LogP contribution in [0.2, 0.25) is 0 Å². The SMILES string of the molecule is C[C@H](C(N)=O)c1ccc(NS(=O)(=O)c2ccccc2)cc1. The van der Waals surface area contributed by atoms with Crippen LogP contribution in [0.15, 0.2) is 59.5 Å². The van der Waals surface area contributed by atoms with Gasteiger partial charge in [-0.05, 0) is 36.8 Å². The van der Waals surface area contributed by atoms with Gasteiger partial charge in [0.05, 0.1) is 10.8 Å². The molecule has 1 amide bonds. The number of carbonyl (C=O) groups excluding carboxylic acids is 1. The highest BCUT2D eigenvalue weighted by Gasteiger charge is 2.14. The molecule has 21 heavy (non-hydrogen) atoms. The molecule has 0 saturated carbocycles. The van der Waals surface area contributed by atoms with Crippen LogP contribution in [0.25, 0.3) is 0 Å². The molecule has 110 valence electrons. The third kappa shape index (κ3) is 3.61. The summed E-state index contributed by atoms with van der Waals surface area (Å²) in [5.41, 5.74) is 6.40. The summed E-state index contributed by atoms with van der Waals surface area (Å²) in [6.07, 6.45) is 0. The summed E-state index contributed by atoms with van der Waals surface area (Å²) in [7, 11) is -3.60. The van der Waals surface area contributed by atoms with Crippen LogP contribution in [0.5, 0.6) is 0 Å². The van der Waals surface area contributed by atoms with Gasteiger partial charge in [-0.3, -0.25) is 9.52 Å². The first-order chi connectivity index (χ1) is 9.90. The van der Waals surface area contributed by atoms with Crippen molar-refractivity contribution in [2.45, 2.75) is 17.7 Å². The van der Waals surface area contributed by atoms with Crippen LogP contribution in [0.4, 0.5) is 5.69 Å². The topological polar surface area (TPSA) is 89.3 Å². The second-order valence-electron chi connectivity index (χ2n) is 4.66. The molecule has 0 aliphatic carbocycles. The van der Waals surface area contributed by atoms with Gasteiger partial charge >= 0.3 is 0 Å². The van der Waals surface area contributed by atoms with E-state index in [9.17, 15) is 13.2 Å². The van der Waals surface area contributed by atoms with Crippen molar-refractivity contribution in [1.29, 1.82) is 0 Å². The van der Waals surface area contributed by atoms with Crippen molar-refractivity contribution in [2.24, 2.45) is 5.73 Å². The summed E-state index contributed by atoms with van der Waals surface area (Å²) in [6.45, 7) is 1.70. The normalized spacial score (nSPS) is 12.6. The van der Waals surface area contributed by atoms with E-state index >= 15 is 0 Å². The minimum absolute atomic E-state index is 0.194. The first kappa shape index (κ1) is 15.1. The highest BCUT2D eigenvalue weighted by atomic mass is 32.2. The average Bonchev–Trinajstić information content (AvgIpc) is 2.48. The number of sulfonamides is 1. The Hall–Kier alpha value is -2.34. The molecule has 6 heteroatoms. The molecule has 3 N–H and O–H groups in total. The predicted molar refractivity (Wildman–Crippen MR) is 81.3 cm³/mol. The van der Waals surface area contributed by atoms with Crippen LogP contribution in [-0.4, -0.2) is 14.3 Å². The number of benzene rings is 2. The van der Waals surface area contributed by atoms with Crippen molar-refractivity contribution in [3.05, 3.63) is 60.2 Å². The Bertz CT molecular complexity index is 725. The summed E-state index contributed by atoms with van der Waals surface area (Å²) in [4.78, 5) is 11.3. The summed E-state index contributed by atoms with van der Waals surface area (Å²) < 4.78 is 26.8. The molecule has 0 radical (unpaired) electrons. The van der Waals surface area contributed by atoms with Gasteiger partial charge < -0.3 is 5.73 Å². The molecule has 0 aliphatic heterocycles. The molecule has 0 aliphatic rings. The van der Waals surface area contributed by atoms with Gasteiger partial charge in [0, 0.05) is 5.69 Å². The largest absolute Gasteiger partial charge is 0.369 e. The van der Waals surface area contributed by atoms with Gasteiger partial charge in [0.25, 0.3) is 10.0 Å². The number of nitrogens with two attached hydrogens (primary N) is 1. The van der Waals surface area contributed by atoms with Gasteiger partial charge in [-0.1, -0.05) is 30.3 Å². The van der Waals surface area contributed by atoms with E-state index in [2.05, 4.69) is 4.72 Å². The van der Waals surface area contributed by atoms with Crippen molar-refractivity contribution >= 4 is 21.6 Å². The number of hydrogen-bond donors (Lipinski definition) is 2. The molecule has 2 aromatic rings. The van der Waals surface area contributed by atoms with Crippen molar-refractivity contribution in [2.75, 3.05) is 4.72 Å². The van der Waals surface area contributed by atoms with Crippen LogP contribution in [0, 0.1) is 0 Å². The van der Waals surface area contributed by atoms with Gasteiger partial charge in [-0.2, -0.15) is 0 Å². The molecular formula is C15H16N2O3S. The molecule has 0 unspecified atom stereocenters. The fourth-order valence-corrected chi connectivity index (χ4v) is 2.90. The second kappa shape index (κ2) is 5.97. The van der Waals surface area contributed by atoms with Crippen LogP contribution in [0.1, 0.15) is 18.4 Å².